The molecule has 5 heteroatoms. The molecule has 1 fully saturated rings. The molecule has 4 rings (SSSR count). The molecule has 0 unspecified atom stereocenters. The van der Waals surface area contributed by atoms with Gasteiger partial charge in [0.15, 0.2) is 0 Å². The van der Waals surface area contributed by atoms with Crippen molar-refractivity contribution >= 4 is 17.5 Å². The van der Waals surface area contributed by atoms with E-state index in [1.54, 1.807) is 4.90 Å². The van der Waals surface area contributed by atoms with E-state index in [4.69, 9.17) is 11.6 Å². The normalized spacial score (nSPS) is 14.8. The predicted octanol–water partition coefficient (Wildman–Crippen LogP) is 4.22. The van der Waals surface area contributed by atoms with Gasteiger partial charge in [0.05, 0.1) is 17.3 Å². The van der Waals surface area contributed by atoms with Crippen molar-refractivity contribution in [3.05, 3.63) is 83.1 Å². The number of benzene rings is 2. The van der Waals surface area contributed by atoms with E-state index in [9.17, 15) is 4.79 Å². The Morgan fingerprint density at radius 3 is 2.50 bits per heavy atom. The summed E-state index contributed by atoms with van der Waals surface area (Å²) in [5, 5.41) is 5.10. The molecule has 0 spiro atoms. The molecule has 1 aliphatic rings. The van der Waals surface area contributed by atoms with Gasteiger partial charge in [-0.2, -0.15) is 5.10 Å². The fourth-order valence-corrected chi connectivity index (χ4v) is 3.52. The van der Waals surface area contributed by atoms with Crippen LogP contribution in [0.3, 0.4) is 0 Å². The highest BCUT2D eigenvalue weighted by Crippen LogP contribution is 2.49. The van der Waals surface area contributed by atoms with E-state index >= 15 is 0 Å². The van der Waals surface area contributed by atoms with Gasteiger partial charge in [0.1, 0.15) is 0 Å². The van der Waals surface area contributed by atoms with Gasteiger partial charge in [-0.3, -0.25) is 4.79 Å². The van der Waals surface area contributed by atoms with E-state index in [0.29, 0.717) is 11.6 Å². The second kappa shape index (κ2) is 6.61. The maximum atomic E-state index is 13.1. The number of hydrogen-bond acceptors (Lipinski definition) is 2. The van der Waals surface area contributed by atoms with Crippen LogP contribution in [0.2, 0.25) is 5.02 Å². The first-order chi connectivity index (χ1) is 12.6. The first kappa shape index (κ1) is 16.9. The van der Waals surface area contributed by atoms with Gasteiger partial charge in [0.2, 0.25) is 5.91 Å². The van der Waals surface area contributed by atoms with E-state index in [0.717, 1.165) is 29.7 Å². The van der Waals surface area contributed by atoms with E-state index in [-0.39, 0.29) is 11.3 Å². The molecular formula is C21H20ClN3O. The SMILES string of the molecule is CN(Cc1cnn(-c2ccccc2)c1)C(=O)C1(c2ccc(Cl)cc2)CC1. The number of carbonyl (C=O) groups is 1. The Kier molecular flexibility index (Phi) is 4.29. The highest BCUT2D eigenvalue weighted by atomic mass is 35.5. The monoisotopic (exact) mass is 365 g/mol. The Bertz CT molecular complexity index is 914. The maximum Gasteiger partial charge on any atom is 0.233 e. The third-order valence-corrected chi connectivity index (χ3v) is 5.23. The van der Waals surface area contributed by atoms with Crippen LogP contribution in [0.25, 0.3) is 5.69 Å². The minimum atomic E-state index is -0.380. The molecule has 0 saturated heterocycles. The average molecular weight is 366 g/mol. The van der Waals surface area contributed by atoms with Crippen molar-refractivity contribution in [1.29, 1.82) is 0 Å². The Morgan fingerprint density at radius 1 is 1.15 bits per heavy atom. The number of rotatable bonds is 5. The number of nitrogens with zero attached hydrogens (tertiary/aromatic N) is 3. The summed E-state index contributed by atoms with van der Waals surface area (Å²) in [6, 6.07) is 17.6. The Labute approximate surface area is 158 Å². The molecule has 0 atom stereocenters. The summed E-state index contributed by atoms with van der Waals surface area (Å²) in [4.78, 5) is 14.9. The van der Waals surface area contributed by atoms with Crippen molar-refractivity contribution in [3.8, 4) is 5.69 Å². The van der Waals surface area contributed by atoms with Crippen molar-refractivity contribution in [1.82, 2.24) is 14.7 Å². The lowest BCUT2D eigenvalue weighted by atomic mass is 9.94. The molecule has 1 saturated carbocycles. The van der Waals surface area contributed by atoms with E-state index in [2.05, 4.69) is 5.10 Å². The molecule has 0 N–H and O–H groups in total. The number of halogens is 1. The van der Waals surface area contributed by atoms with Crippen LogP contribution >= 0.6 is 11.6 Å². The van der Waals surface area contributed by atoms with Crippen molar-refractivity contribution < 1.29 is 4.79 Å². The highest BCUT2D eigenvalue weighted by Gasteiger charge is 2.52. The largest absolute Gasteiger partial charge is 0.341 e. The molecule has 4 nitrogen and oxygen atoms in total. The molecule has 3 aromatic rings. The molecule has 26 heavy (non-hydrogen) atoms. The predicted molar refractivity (Wildman–Crippen MR) is 102 cm³/mol. The Hall–Kier alpha value is -2.59. The van der Waals surface area contributed by atoms with Crippen LogP contribution in [-0.4, -0.2) is 27.6 Å². The maximum absolute atomic E-state index is 13.1. The third kappa shape index (κ3) is 3.13. The topological polar surface area (TPSA) is 38.1 Å². The number of carbonyl (C=O) groups excluding carboxylic acids is 1. The van der Waals surface area contributed by atoms with Crippen LogP contribution in [0.5, 0.6) is 0 Å². The van der Waals surface area contributed by atoms with Crippen molar-refractivity contribution in [3.63, 3.8) is 0 Å². The third-order valence-electron chi connectivity index (χ3n) is 4.98. The van der Waals surface area contributed by atoms with Crippen LogP contribution in [0.15, 0.2) is 67.0 Å². The molecular weight excluding hydrogens is 346 g/mol. The average Bonchev–Trinajstić information content (AvgIpc) is 3.35. The van der Waals surface area contributed by atoms with Gasteiger partial charge < -0.3 is 4.90 Å². The number of hydrogen-bond donors (Lipinski definition) is 0. The molecule has 1 amide bonds. The van der Waals surface area contributed by atoms with Gasteiger partial charge in [-0.25, -0.2) is 4.68 Å². The smallest absolute Gasteiger partial charge is 0.233 e. The number of aromatic nitrogens is 2. The number of para-hydroxylation sites is 1. The lowest BCUT2D eigenvalue weighted by Gasteiger charge is -2.23. The Balaban J connectivity index is 1.48. The molecule has 1 heterocycles. The standard InChI is InChI=1S/C21H20ClN3O/c1-24(14-16-13-23-25(15-16)19-5-3-2-4-6-19)20(26)21(11-12-21)17-7-9-18(22)10-8-17/h2-10,13,15H,11-12,14H2,1H3. The van der Waals surface area contributed by atoms with Crippen molar-refractivity contribution in [2.75, 3.05) is 7.05 Å². The number of likely N-dealkylation sites (N-methyl/N-ethyl adjacent to an activating group) is 1. The summed E-state index contributed by atoms with van der Waals surface area (Å²) in [6.07, 6.45) is 5.57. The molecule has 1 aliphatic carbocycles. The van der Waals surface area contributed by atoms with Crippen LogP contribution in [0, 0.1) is 0 Å². The number of amides is 1. The molecule has 132 valence electrons. The van der Waals surface area contributed by atoms with E-state index < -0.39 is 0 Å². The zero-order valence-electron chi connectivity index (χ0n) is 14.6. The van der Waals surface area contributed by atoms with Gasteiger partial charge in [-0.1, -0.05) is 41.9 Å². The summed E-state index contributed by atoms with van der Waals surface area (Å²) < 4.78 is 1.83. The molecule has 0 radical (unpaired) electrons. The van der Waals surface area contributed by atoms with Gasteiger partial charge in [0, 0.05) is 30.4 Å². The zero-order valence-corrected chi connectivity index (χ0v) is 15.4. The summed E-state index contributed by atoms with van der Waals surface area (Å²) >= 11 is 5.98. The van der Waals surface area contributed by atoms with Gasteiger partial charge in [0.25, 0.3) is 0 Å². The van der Waals surface area contributed by atoms with Crippen molar-refractivity contribution in [2.45, 2.75) is 24.8 Å². The van der Waals surface area contributed by atoms with Gasteiger partial charge in [-0.05, 0) is 42.7 Å². The molecule has 1 aromatic heterocycles. The molecule has 0 bridgehead atoms. The summed E-state index contributed by atoms with van der Waals surface area (Å²) in [5.41, 5.74) is 2.69. The van der Waals surface area contributed by atoms with Gasteiger partial charge in [-0.15, -0.1) is 0 Å². The van der Waals surface area contributed by atoms with Crippen LogP contribution in [0.4, 0.5) is 0 Å². The molecule has 2 aromatic carbocycles. The fourth-order valence-electron chi connectivity index (χ4n) is 3.39. The second-order valence-corrected chi connectivity index (χ2v) is 7.32. The van der Waals surface area contributed by atoms with Gasteiger partial charge >= 0.3 is 0 Å². The van der Waals surface area contributed by atoms with Crippen LogP contribution in [0.1, 0.15) is 24.0 Å². The van der Waals surface area contributed by atoms with Crippen LogP contribution < -0.4 is 0 Å². The second-order valence-electron chi connectivity index (χ2n) is 6.88. The summed E-state index contributed by atoms with van der Waals surface area (Å²) in [7, 11) is 1.86. The van der Waals surface area contributed by atoms with Crippen LogP contribution in [-0.2, 0) is 16.8 Å². The Morgan fingerprint density at radius 2 is 1.85 bits per heavy atom. The quantitative estimate of drug-likeness (QED) is 0.679. The summed E-state index contributed by atoms with van der Waals surface area (Å²) in [5.74, 6) is 0.160. The minimum Gasteiger partial charge on any atom is -0.341 e. The highest BCUT2D eigenvalue weighted by molar-refractivity contribution is 6.30. The fraction of sp³-hybridized carbons (Fsp3) is 0.238. The first-order valence-corrected chi connectivity index (χ1v) is 9.07. The zero-order chi connectivity index (χ0) is 18.1. The summed E-state index contributed by atoms with van der Waals surface area (Å²) in [6.45, 7) is 0.543. The first-order valence-electron chi connectivity index (χ1n) is 8.69. The van der Waals surface area contributed by atoms with E-state index in [1.165, 1.54) is 0 Å². The lowest BCUT2D eigenvalue weighted by Crippen LogP contribution is -2.36. The van der Waals surface area contributed by atoms with Crippen molar-refractivity contribution in [2.24, 2.45) is 0 Å². The van der Waals surface area contributed by atoms with E-state index in [1.807, 2.05) is 78.7 Å². The molecule has 0 aliphatic heterocycles. The minimum absolute atomic E-state index is 0.160. The lowest BCUT2D eigenvalue weighted by molar-refractivity contribution is -0.133.